The summed E-state index contributed by atoms with van der Waals surface area (Å²) in [5.41, 5.74) is 1.69. The third-order valence-electron chi connectivity index (χ3n) is 6.94. The highest BCUT2D eigenvalue weighted by atomic mass is 32.2. The van der Waals surface area contributed by atoms with Crippen molar-refractivity contribution in [2.45, 2.75) is 37.5 Å². The molecule has 1 unspecified atom stereocenters. The Morgan fingerprint density at radius 3 is 2.57 bits per heavy atom. The Morgan fingerprint density at radius 2 is 1.83 bits per heavy atom. The van der Waals surface area contributed by atoms with Crippen LogP contribution in [0.4, 0.5) is 24.8 Å². The molecular weight excluding hydrogens is 602 g/mol. The van der Waals surface area contributed by atoms with Crippen molar-refractivity contribution in [1.29, 1.82) is 0 Å². The Kier molecular flexibility index (Phi) is 9.81. The number of anilines is 2. The zero-order valence-electron chi connectivity index (χ0n) is 23.4. The quantitative estimate of drug-likeness (QED) is 0.177. The first-order chi connectivity index (χ1) is 20.2. The van der Waals surface area contributed by atoms with Crippen molar-refractivity contribution in [3.63, 3.8) is 0 Å². The van der Waals surface area contributed by atoms with E-state index in [0.717, 1.165) is 60.6 Å². The van der Waals surface area contributed by atoms with Crippen molar-refractivity contribution in [2.24, 2.45) is 5.92 Å². The number of halogens is 3. The highest BCUT2D eigenvalue weighted by Crippen LogP contribution is 2.39. The van der Waals surface area contributed by atoms with Gasteiger partial charge < -0.3 is 5.32 Å². The van der Waals surface area contributed by atoms with E-state index in [1.807, 2.05) is 19.9 Å². The topological polar surface area (TPSA) is 83.0 Å². The Hall–Kier alpha value is -3.00. The molecule has 1 aliphatic heterocycles. The third-order valence-corrected chi connectivity index (χ3v) is 10.3. The molecule has 4 aromatic rings. The molecule has 3 heterocycles. The standard InChI is InChI=1S/C29H31F3N6OS3/c1-17(2)28-36-26(19-4-6-21(31)24(14-19)37-42(39)25-15-20(30)5-7-22(25)32)27(41-28)23-8-11-33-29(35-23)34-16-18-9-12-38(40-3)13-10-18/h4-8,11,14-15,17-18,37H,9-10,12-13,16H2,1-3H3,(H,33,34,35). The summed E-state index contributed by atoms with van der Waals surface area (Å²) in [5, 5.41) is 4.27. The van der Waals surface area contributed by atoms with Crippen LogP contribution in [-0.4, -0.2) is 49.4 Å². The largest absolute Gasteiger partial charge is 0.354 e. The molecule has 7 nitrogen and oxygen atoms in total. The second-order valence-electron chi connectivity index (χ2n) is 10.2. The average molecular weight is 633 g/mol. The molecule has 1 aliphatic rings. The van der Waals surface area contributed by atoms with Gasteiger partial charge in [-0.15, -0.1) is 11.3 Å². The minimum Gasteiger partial charge on any atom is -0.354 e. The van der Waals surface area contributed by atoms with Gasteiger partial charge in [0.1, 0.15) is 17.5 Å². The summed E-state index contributed by atoms with van der Waals surface area (Å²) < 4.78 is 60.3. The van der Waals surface area contributed by atoms with Crippen molar-refractivity contribution < 1.29 is 17.4 Å². The summed E-state index contributed by atoms with van der Waals surface area (Å²) in [6, 6.07) is 8.71. The van der Waals surface area contributed by atoms with E-state index >= 15 is 0 Å². The second kappa shape index (κ2) is 13.5. The Morgan fingerprint density at radius 1 is 1.07 bits per heavy atom. The number of thiazole rings is 1. The maximum Gasteiger partial charge on any atom is 0.223 e. The van der Waals surface area contributed by atoms with E-state index in [-0.39, 0.29) is 11.6 Å². The van der Waals surface area contributed by atoms with Crippen LogP contribution in [0.2, 0.25) is 0 Å². The van der Waals surface area contributed by atoms with Gasteiger partial charge in [-0.1, -0.05) is 25.8 Å². The first-order valence-corrected chi connectivity index (χ1v) is 16.7. The molecule has 0 spiro atoms. The molecule has 13 heteroatoms. The molecule has 0 amide bonds. The molecule has 0 bridgehead atoms. The van der Waals surface area contributed by atoms with Crippen LogP contribution >= 0.6 is 23.3 Å². The lowest BCUT2D eigenvalue weighted by molar-refractivity contribution is 0.302. The molecule has 0 radical (unpaired) electrons. The lowest BCUT2D eigenvalue weighted by Crippen LogP contribution is -2.31. The van der Waals surface area contributed by atoms with E-state index in [2.05, 4.69) is 25.6 Å². The van der Waals surface area contributed by atoms with E-state index < -0.39 is 33.3 Å². The van der Waals surface area contributed by atoms with E-state index in [1.165, 1.54) is 23.5 Å². The van der Waals surface area contributed by atoms with Crippen LogP contribution in [0.1, 0.15) is 37.6 Å². The van der Waals surface area contributed by atoms with Crippen LogP contribution in [0.15, 0.2) is 53.6 Å². The maximum atomic E-state index is 14.8. The minimum absolute atomic E-state index is 0.128. The van der Waals surface area contributed by atoms with Crippen LogP contribution in [0, 0.1) is 23.4 Å². The summed E-state index contributed by atoms with van der Waals surface area (Å²) >= 11 is 3.28. The molecule has 2 aromatic carbocycles. The SMILES string of the molecule is CSN1CCC(CNc2nccc(-c3sc(C(C)C)nc3-c3ccc(F)c(NS(=O)c4cc(F)ccc4F)c3)n2)CC1. The number of hydrogen-bond acceptors (Lipinski definition) is 8. The molecule has 0 saturated carbocycles. The number of hydrogen-bond donors (Lipinski definition) is 2. The fourth-order valence-corrected chi connectivity index (χ4v) is 7.15. The summed E-state index contributed by atoms with van der Waals surface area (Å²) in [4.78, 5) is 14.4. The van der Waals surface area contributed by atoms with Gasteiger partial charge in [0.05, 0.1) is 31.9 Å². The molecule has 42 heavy (non-hydrogen) atoms. The smallest absolute Gasteiger partial charge is 0.223 e. The van der Waals surface area contributed by atoms with Gasteiger partial charge in [-0.2, -0.15) is 0 Å². The Labute approximate surface area is 254 Å². The number of benzene rings is 2. The third kappa shape index (κ3) is 7.13. The van der Waals surface area contributed by atoms with E-state index in [9.17, 15) is 17.4 Å². The highest BCUT2D eigenvalue weighted by Gasteiger charge is 2.22. The van der Waals surface area contributed by atoms with Gasteiger partial charge >= 0.3 is 0 Å². The van der Waals surface area contributed by atoms with Gasteiger partial charge in [-0.05, 0) is 67.5 Å². The van der Waals surface area contributed by atoms with Crippen LogP contribution in [0.25, 0.3) is 21.8 Å². The fraction of sp³-hybridized carbons (Fsp3) is 0.345. The number of piperidine rings is 1. The van der Waals surface area contributed by atoms with Crippen LogP contribution in [0.5, 0.6) is 0 Å². The van der Waals surface area contributed by atoms with Gasteiger partial charge in [0.2, 0.25) is 5.95 Å². The molecule has 5 rings (SSSR count). The molecule has 222 valence electrons. The molecule has 1 atom stereocenters. The predicted molar refractivity (Wildman–Crippen MR) is 165 cm³/mol. The number of aromatic nitrogens is 3. The van der Waals surface area contributed by atoms with Gasteiger partial charge in [0.25, 0.3) is 0 Å². The maximum absolute atomic E-state index is 14.8. The molecule has 0 aliphatic carbocycles. The number of nitrogens with zero attached hydrogens (tertiary/aromatic N) is 4. The van der Waals surface area contributed by atoms with E-state index in [4.69, 9.17) is 9.97 Å². The normalized spacial score (nSPS) is 15.2. The molecule has 1 fully saturated rings. The van der Waals surface area contributed by atoms with Crippen LogP contribution < -0.4 is 10.0 Å². The molecule has 2 N–H and O–H groups in total. The molecular formula is C29H31F3N6OS3. The van der Waals surface area contributed by atoms with Gasteiger partial charge in [-0.25, -0.2) is 32.3 Å². The first-order valence-electron chi connectivity index (χ1n) is 13.5. The first kappa shape index (κ1) is 30.5. The zero-order valence-corrected chi connectivity index (χ0v) is 25.8. The Bertz CT molecular complexity index is 1580. The Balaban J connectivity index is 1.41. The van der Waals surface area contributed by atoms with Crippen LogP contribution in [0.3, 0.4) is 0 Å². The minimum atomic E-state index is -2.24. The predicted octanol–water partition coefficient (Wildman–Crippen LogP) is 7.34. The fourth-order valence-electron chi connectivity index (χ4n) is 4.58. The molecule has 2 aromatic heterocycles. The van der Waals surface area contributed by atoms with Gasteiger partial charge in [0, 0.05) is 37.3 Å². The second-order valence-corrected chi connectivity index (χ2v) is 13.3. The lowest BCUT2D eigenvalue weighted by atomic mass is 9.98. The van der Waals surface area contributed by atoms with Crippen molar-refractivity contribution in [3.8, 4) is 21.8 Å². The monoisotopic (exact) mass is 632 g/mol. The average Bonchev–Trinajstić information content (AvgIpc) is 3.45. The van der Waals surface area contributed by atoms with Gasteiger partial charge in [0.15, 0.2) is 11.0 Å². The number of nitrogens with one attached hydrogen (secondary N) is 2. The van der Waals surface area contributed by atoms with Crippen LogP contribution in [-0.2, 0) is 11.0 Å². The summed E-state index contributed by atoms with van der Waals surface area (Å²) in [7, 11) is -2.24. The van der Waals surface area contributed by atoms with Gasteiger partial charge in [-0.3, -0.25) is 9.03 Å². The number of rotatable bonds is 10. The molecule has 1 saturated heterocycles. The lowest BCUT2D eigenvalue weighted by Gasteiger charge is -2.30. The van der Waals surface area contributed by atoms with Crippen molar-refractivity contribution in [3.05, 3.63) is 71.1 Å². The summed E-state index contributed by atoms with van der Waals surface area (Å²) in [5.74, 6) is -1.09. The summed E-state index contributed by atoms with van der Waals surface area (Å²) in [6.07, 6.45) is 6.03. The van der Waals surface area contributed by atoms with Crippen molar-refractivity contribution in [1.82, 2.24) is 19.3 Å². The van der Waals surface area contributed by atoms with Crippen molar-refractivity contribution in [2.75, 3.05) is 35.9 Å². The summed E-state index contributed by atoms with van der Waals surface area (Å²) in [6.45, 7) is 6.99. The van der Waals surface area contributed by atoms with E-state index in [0.29, 0.717) is 28.8 Å². The highest BCUT2D eigenvalue weighted by molar-refractivity contribution is 7.96. The van der Waals surface area contributed by atoms with Crippen molar-refractivity contribution >= 4 is 45.9 Å². The van der Waals surface area contributed by atoms with E-state index in [1.54, 1.807) is 24.2 Å². The zero-order chi connectivity index (χ0) is 29.8.